The molecule has 0 bridgehead atoms. The first kappa shape index (κ1) is 32.2. The number of methoxy groups -OCH3 is 1. The molecule has 2 heterocycles. The molecule has 0 radical (unpaired) electrons. The summed E-state index contributed by atoms with van der Waals surface area (Å²) >= 11 is 0. The molecule has 0 aromatic heterocycles. The summed E-state index contributed by atoms with van der Waals surface area (Å²) in [5, 5.41) is 31.4. The lowest BCUT2D eigenvalue weighted by Gasteiger charge is -2.35. The lowest BCUT2D eigenvalue weighted by Crippen LogP contribution is -2.38. The van der Waals surface area contributed by atoms with Crippen molar-refractivity contribution in [1.29, 1.82) is 0 Å². The third-order valence-electron chi connectivity index (χ3n) is 7.92. The Balaban J connectivity index is 1.24. The number of carbonyl (C=O) groups excluding carboxylic acids is 3. The molecular formula is C36H32O12. The van der Waals surface area contributed by atoms with Crippen molar-refractivity contribution in [2.75, 3.05) is 13.7 Å². The molecule has 4 aromatic carbocycles. The molecule has 0 aliphatic carbocycles. The van der Waals surface area contributed by atoms with Crippen LogP contribution in [0, 0.1) is 6.92 Å². The van der Waals surface area contributed by atoms with Gasteiger partial charge in [-0.25, -0.2) is 4.79 Å². The van der Waals surface area contributed by atoms with Crippen LogP contribution < -0.4 is 23.7 Å². The van der Waals surface area contributed by atoms with Gasteiger partial charge in [0, 0.05) is 12.0 Å². The molecule has 6 rings (SSSR count). The van der Waals surface area contributed by atoms with Crippen molar-refractivity contribution in [2.45, 2.75) is 44.7 Å². The molecule has 2 aliphatic rings. The fraction of sp³-hybridized carbons (Fsp3) is 0.250. The maximum absolute atomic E-state index is 13.0. The predicted octanol–water partition coefficient (Wildman–Crippen LogP) is 5.32. The van der Waals surface area contributed by atoms with E-state index in [0.717, 1.165) is 5.56 Å². The Morgan fingerprint density at radius 3 is 2.25 bits per heavy atom. The monoisotopic (exact) mass is 656 g/mol. The van der Waals surface area contributed by atoms with E-state index in [1.807, 2.05) is 0 Å². The summed E-state index contributed by atoms with van der Waals surface area (Å²) in [6.45, 7) is 2.93. The van der Waals surface area contributed by atoms with Gasteiger partial charge in [0.05, 0.1) is 7.11 Å². The third-order valence-corrected chi connectivity index (χ3v) is 7.92. The number of benzene rings is 4. The van der Waals surface area contributed by atoms with Crippen molar-refractivity contribution < 1.29 is 58.1 Å². The van der Waals surface area contributed by atoms with Gasteiger partial charge in [0.15, 0.2) is 47.4 Å². The number of aromatic hydroxyl groups is 2. The van der Waals surface area contributed by atoms with Gasteiger partial charge < -0.3 is 43.7 Å². The number of hydrogen-bond donors (Lipinski definition) is 3. The number of ether oxygens (including phenoxy) is 6. The maximum Gasteiger partial charge on any atom is 0.513 e. The van der Waals surface area contributed by atoms with Crippen molar-refractivity contribution in [3.05, 3.63) is 101 Å². The maximum atomic E-state index is 13.0. The first-order chi connectivity index (χ1) is 23.0. The van der Waals surface area contributed by atoms with Crippen LogP contribution in [-0.4, -0.2) is 59.0 Å². The number of ketones is 2. The topological polar surface area (TPSA) is 167 Å². The van der Waals surface area contributed by atoms with Crippen LogP contribution in [0.1, 0.15) is 51.7 Å². The Morgan fingerprint density at radius 2 is 1.52 bits per heavy atom. The summed E-state index contributed by atoms with van der Waals surface area (Å²) < 4.78 is 34.6. The Hall–Kier alpha value is -5.75. The molecule has 0 amide bonds. The largest absolute Gasteiger partial charge is 0.513 e. The van der Waals surface area contributed by atoms with E-state index in [0.29, 0.717) is 16.7 Å². The zero-order valence-corrected chi connectivity index (χ0v) is 26.2. The Bertz CT molecular complexity index is 1880. The normalized spacial score (nSPS) is 19.5. The number of aryl methyl sites for hydroxylation is 1. The zero-order valence-electron chi connectivity index (χ0n) is 26.2. The van der Waals surface area contributed by atoms with Crippen LogP contribution >= 0.6 is 0 Å². The molecule has 248 valence electrons. The van der Waals surface area contributed by atoms with Crippen LogP contribution in [0.4, 0.5) is 4.79 Å². The summed E-state index contributed by atoms with van der Waals surface area (Å²) in [5.41, 5.74) is 2.28. The van der Waals surface area contributed by atoms with Crippen LogP contribution in [0.15, 0.2) is 72.8 Å². The third kappa shape index (κ3) is 6.56. The van der Waals surface area contributed by atoms with Crippen molar-refractivity contribution in [2.24, 2.45) is 0 Å². The van der Waals surface area contributed by atoms with Crippen molar-refractivity contribution in [3.8, 4) is 40.2 Å². The van der Waals surface area contributed by atoms with E-state index in [1.165, 1.54) is 26.2 Å². The smallest absolute Gasteiger partial charge is 0.507 e. The van der Waals surface area contributed by atoms with Crippen molar-refractivity contribution in [3.63, 3.8) is 0 Å². The van der Waals surface area contributed by atoms with Crippen LogP contribution in [0.3, 0.4) is 0 Å². The molecule has 2 unspecified atom stereocenters. The van der Waals surface area contributed by atoms with E-state index in [2.05, 4.69) is 0 Å². The molecule has 0 spiro atoms. The lowest BCUT2D eigenvalue weighted by molar-refractivity contribution is -0.116. The molecule has 48 heavy (non-hydrogen) atoms. The quantitative estimate of drug-likeness (QED) is 0.165. The minimum atomic E-state index is -1.61. The van der Waals surface area contributed by atoms with E-state index in [9.17, 15) is 29.7 Å². The van der Waals surface area contributed by atoms with Gasteiger partial charge in [0.25, 0.3) is 0 Å². The number of Topliss-reactive ketones (excluding diaryl/α,β-unsaturated/α-hetero) is 2. The van der Waals surface area contributed by atoms with Crippen LogP contribution in [0.2, 0.25) is 0 Å². The van der Waals surface area contributed by atoms with Gasteiger partial charge >= 0.3 is 6.16 Å². The number of aliphatic hydroxyl groups is 1. The van der Waals surface area contributed by atoms with E-state index >= 15 is 0 Å². The van der Waals surface area contributed by atoms with E-state index < -0.39 is 36.4 Å². The highest BCUT2D eigenvalue weighted by atomic mass is 16.7. The Morgan fingerprint density at radius 1 is 0.812 bits per heavy atom. The van der Waals surface area contributed by atoms with Gasteiger partial charge in [-0.1, -0.05) is 24.3 Å². The number of rotatable bonds is 8. The molecule has 4 aromatic rings. The minimum Gasteiger partial charge on any atom is -0.507 e. The number of aliphatic hydroxyl groups excluding tert-OH is 1. The Kier molecular flexibility index (Phi) is 8.83. The van der Waals surface area contributed by atoms with Gasteiger partial charge in [-0.3, -0.25) is 9.59 Å². The molecule has 12 nitrogen and oxygen atoms in total. The second-order valence-corrected chi connectivity index (χ2v) is 11.5. The molecule has 0 fully saturated rings. The lowest BCUT2D eigenvalue weighted by atomic mass is 9.92. The summed E-state index contributed by atoms with van der Waals surface area (Å²) in [4.78, 5) is 37.0. The molecule has 2 aliphatic heterocycles. The molecule has 0 saturated carbocycles. The fourth-order valence-corrected chi connectivity index (χ4v) is 5.65. The van der Waals surface area contributed by atoms with Crippen molar-refractivity contribution >= 4 is 17.7 Å². The molecule has 0 saturated heterocycles. The van der Waals surface area contributed by atoms with E-state index in [4.69, 9.17) is 28.4 Å². The first-order valence-electron chi connectivity index (χ1n) is 15.0. The average molecular weight is 657 g/mol. The second-order valence-electron chi connectivity index (χ2n) is 11.5. The number of hydrogen-bond acceptors (Lipinski definition) is 12. The van der Waals surface area contributed by atoms with Gasteiger partial charge in [0.1, 0.15) is 35.2 Å². The summed E-state index contributed by atoms with van der Waals surface area (Å²) in [7, 11) is 1.40. The second kappa shape index (κ2) is 13.2. The number of carbonyl (C=O) groups is 3. The average Bonchev–Trinajstić information content (AvgIpc) is 3.05. The summed E-state index contributed by atoms with van der Waals surface area (Å²) in [6.07, 6.45) is -5.22. The highest BCUT2D eigenvalue weighted by Gasteiger charge is 2.41. The molecule has 4 atom stereocenters. The predicted molar refractivity (Wildman–Crippen MR) is 168 cm³/mol. The highest BCUT2D eigenvalue weighted by Crippen LogP contribution is 2.45. The van der Waals surface area contributed by atoms with Gasteiger partial charge in [-0.15, -0.1) is 0 Å². The standard InChI is InChI=1S/C36H32O12/c1-18-12-25(39)31-29(13-18)48-35(33(41)32(31)40)22-7-11-26-28(16-22)47-34(21-6-10-24(38)27(15-21)43-3)30(46-26)17-44-36(42)45-23-8-4-20(5-9-23)14-19(2)37/h4-13,15-16,30,33-35,38-39,41H,14,17H2,1-3H3/t30-,33?,34?,35-/m0/s1. The van der Waals surface area contributed by atoms with Gasteiger partial charge in [0.2, 0.25) is 5.78 Å². The summed E-state index contributed by atoms with van der Waals surface area (Å²) in [5.74, 6) is 0.0360. The highest BCUT2D eigenvalue weighted by molar-refractivity contribution is 6.05. The molecule has 3 N–H and O–H groups in total. The van der Waals surface area contributed by atoms with Crippen LogP contribution in [0.5, 0.6) is 40.2 Å². The Labute approximate surface area is 275 Å². The SMILES string of the molecule is COc1cc(C2Oc3cc([C@@H]4Oc5cc(C)cc(O)c5C(=O)C4O)ccc3O[C@H]2COC(=O)Oc2ccc(CC(C)=O)cc2)ccc1O. The number of fused-ring (bicyclic) bond motifs is 2. The molecule has 12 heteroatoms. The van der Waals surface area contributed by atoms with Crippen LogP contribution in [0.25, 0.3) is 0 Å². The van der Waals surface area contributed by atoms with Gasteiger partial charge in [-0.2, -0.15) is 0 Å². The summed E-state index contributed by atoms with van der Waals surface area (Å²) in [6, 6.07) is 18.9. The van der Waals surface area contributed by atoms with E-state index in [1.54, 1.807) is 67.6 Å². The molecular weight excluding hydrogens is 624 g/mol. The minimum absolute atomic E-state index is 0.00776. The van der Waals surface area contributed by atoms with Crippen LogP contribution in [-0.2, 0) is 16.0 Å². The number of phenolic OH excluding ortho intramolecular Hbond substituents is 2. The number of phenols is 2. The van der Waals surface area contributed by atoms with Crippen molar-refractivity contribution in [1.82, 2.24) is 0 Å². The zero-order chi connectivity index (χ0) is 34.1. The first-order valence-corrected chi connectivity index (χ1v) is 15.0. The fourth-order valence-electron chi connectivity index (χ4n) is 5.65. The van der Waals surface area contributed by atoms with E-state index in [-0.39, 0.29) is 64.6 Å². The van der Waals surface area contributed by atoms with Gasteiger partial charge in [-0.05, 0) is 79.1 Å².